The maximum Gasteiger partial charge on any atom is 0.283 e. The summed E-state index contributed by atoms with van der Waals surface area (Å²) in [6.07, 6.45) is 0. The lowest BCUT2D eigenvalue weighted by Gasteiger charge is -2.04. The molecule has 0 radical (unpaired) electrons. The second-order valence-corrected chi connectivity index (χ2v) is 7.15. The molecule has 0 saturated carbocycles. The Balaban J connectivity index is 1.80. The zero-order chi connectivity index (χ0) is 18.5. The summed E-state index contributed by atoms with van der Waals surface area (Å²) < 4.78 is 5.69. The van der Waals surface area contributed by atoms with Gasteiger partial charge in [0.05, 0.1) is 28.6 Å². The van der Waals surface area contributed by atoms with Crippen LogP contribution in [-0.4, -0.2) is 22.2 Å². The Morgan fingerprint density at radius 2 is 2.15 bits per heavy atom. The Hall–Kier alpha value is -3.16. The number of hydrogen-bond acceptors (Lipinski definition) is 9. The normalized spacial score (nSPS) is 10.2. The number of nitrogens with zero attached hydrogens (tertiary/aromatic N) is 4. The number of methoxy groups -OCH3 is 1. The highest BCUT2D eigenvalue weighted by Crippen LogP contribution is 2.38. The molecule has 1 heterocycles. The number of benzene rings is 2. The van der Waals surface area contributed by atoms with Crippen molar-refractivity contribution in [2.24, 2.45) is 0 Å². The predicted molar refractivity (Wildman–Crippen MR) is 98.1 cm³/mol. The van der Waals surface area contributed by atoms with Crippen LogP contribution in [0.2, 0.25) is 0 Å². The topological polar surface area (TPSA) is 114 Å². The van der Waals surface area contributed by atoms with E-state index in [-0.39, 0.29) is 5.69 Å². The first-order valence-electron chi connectivity index (χ1n) is 7.20. The molecule has 8 nitrogen and oxygen atoms in total. The molecule has 0 atom stereocenters. The van der Waals surface area contributed by atoms with E-state index >= 15 is 0 Å². The summed E-state index contributed by atoms with van der Waals surface area (Å²) in [5.74, 6) is 0.707. The minimum absolute atomic E-state index is 0.0773. The van der Waals surface area contributed by atoms with Gasteiger partial charge in [0.15, 0.2) is 4.34 Å². The van der Waals surface area contributed by atoms with E-state index in [9.17, 15) is 10.1 Å². The van der Waals surface area contributed by atoms with Crippen molar-refractivity contribution in [3.63, 3.8) is 0 Å². The van der Waals surface area contributed by atoms with Gasteiger partial charge >= 0.3 is 0 Å². The second kappa shape index (κ2) is 7.81. The van der Waals surface area contributed by atoms with E-state index in [4.69, 9.17) is 10.00 Å². The molecular formula is C16H11N5O3S2. The van der Waals surface area contributed by atoms with Crippen molar-refractivity contribution in [2.45, 2.75) is 9.24 Å². The lowest BCUT2D eigenvalue weighted by Crippen LogP contribution is -1.91. The molecule has 26 heavy (non-hydrogen) atoms. The average Bonchev–Trinajstić information content (AvgIpc) is 3.08. The molecule has 0 bridgehead atoms. The van der Waals surface area contributed by atoms with Crippen LogP contribution < -0.4 is 10.1 Å². The van der Waals surface area contributed by atoms with Gasteiger partial charge in [-0.15, -0.1) is 10.2 Å². The number of aromatic nitrogens is 2. The number of nitriles is 1. The van der Waals surface area contributed by atoms with Crippen LogP contribution in [0.4, 0.5) is 16.5 Å². The Labute approximate surface area is 156 Å². The van der Waals surface area contributed by atoms with E-state index in [1.807, 2.05) is 30.3 Å². The van der Waals surface area contributed by atoms with Gasteiger partial charge in [0, 0.05) is 17.8 Å². The minimum Gasteiger partial charge on any atom is -0.497 e. The van der Waals surface area contributed by atoms with Gasteiger partial charge < -0.3 is 10.1 Å². The lowest BCUT2D eigenvalue weighted by atomic mass is 10.2. The van der Waals surface area contributed by atoms with Crippen LogP contribution in [0, 0.1) is 21.4 Å². The van der Waals surface area contributed by atoms with Crippen molar-refractivity contribution in [1.29, 1.82) is 5.26 Å². The van der Waals surface area contributed by atoms with Crippen LogP contribution in [-0.2, 0) is 0 Å². The molecule has 1 aromatic heterocycles. The molecule has 2 aromatic carbocycles. The van der Waals surface area contributed by atoms with Gasteiger partial charge in [-0.3, -0.25) is 10.1 Å². The molecule has 10 heteroatoms. The summed E-state index contributed by atoms with van der Waals surface area (Å²) >= 11 is 2.35. The monoisotopic (exact) mass is 385 g/mol. The molecule has 0 fully saturated rings. The van der Waals surface area contributed by atoms with Crippen molar-refractivity contribution in [3.05, 3.63) is 58.1 Å². The van der Waals surface area contributed by atoms with E-state index in [0.717, 1.165) is 17.4 Å². The quantitative estimate of drug-likeness (QED) is 0.495. The fraction of sp³-hybridized carbons (Fsp3) is 0.0625. The molecule has 0 aliphatic heterocycles. The van der Waals surface area contributed by atoms with Crippen molar-refractivity contribution >= 4 is 39.6 Å². The molecule has 0 amide bonds. The zero-order valence-electron chi connectivity index (χ0n) is 13.4. The van der Waals surface area contributed by atoms with Crippen LogP contribution in [0.15, 0.2) is 51.7 Å². The van der Waals surface area contributed by atoms with Crippen LogP contribution in [0.1, 0.15) is 5.56 Å². The summed E-state index contributed by atoms with van der Waals surface area (Å²) in [4.78, 5) is 11.0. The van der Waals surface area contributed by atoms with Crippen LogP contribution in [0.5, 0.6) is 5.75 Å². The number of ether oxygens (including phenoxy) is 1. The first-order valence-corrected chi connectivity index (χ1v) is 8.83. The standard InChI is InChI=1S/C16H11N5O3S2/c1-24-12-4-2-3-11(8-12)18-15-19-20-16(26-15)25-14-7-10(9-17)5-6-13(14)21(22)23/h2-8H,1H3,(H,18,19). The molecule has 0 unspecified atom stereocenters. The van der Waals surface area contributed by atoms with Gasteiger partial charge in [-0.1, -0.05) is 17.4 Å². The number of nitrogens with one attached hydrogen (secondary N) is 1. The van der Waals surface area contributed by atoms with Gasteiger partial charge in [0.2, 0.25) is 5.13 Å². The van der Waals surface area contributed by atoms with Crippen molar-refractivity contribution in [2.75, 3.05) is 12.4 Å². The highest BCUT2D eigenvalue weighted by molar-refractivity contribution is 8.01. The van der Waals surface area contributed by atoms with Crippen LogP contribution >= 0.6 is 23.1 Å². The molecule has 0 spiro atoms. The summed E-state index contributed by atoms with van der Waals surface area (Å²) in [6.45, 7) is 0. The van der Waals surface area contributed by atoms with Crippen LogP contribution in [0.25, 0.3) is 0 Å². The van der Waals surface area contributed by atoms with Gasteiger partial charge in [-0.2, -0.15) is 5.26 Å². The number of rotatable bonds is 6. The van der Waals surface area contributed by atoms with Gasteiger partial charge in [-0.05, 0) is 36.0 Å². The number of nitro groups is 1. The van der Waals surface area contributed by atoms with Crippen molar-refractivity contribution in [1.82, 2.24) is 10.2 Å². The number of nitro benzene ring substituents is 1. The van der Waals surface area contributed by atoms with Gasteiger partial charge in [0.1, 0.15) is 5.75 Å². The summed E-state index contributed by atoms with van der Waals surface area (Å²) in [6, 6.07) is 13.5. The Bertz CT molecular complexity index is 1000. The summed E-state index contributed by atoms with van der Waals surface area (Å²) in [7, 11) is 1.58. The smallest absolute Gasteiger partial charge is 0.283 e. The molecule has 0 saturated heterocycles. The molecule has 3 aromatic rings. The highest BCUT2D eigenvalue weighted by Gasteiger charge is 2.17. The third kappa shape index (κ3) is 4.08. The molecule has 1 N–H and O–H groups in total. The van der Waals surface area contributed by atoms with E-state index in [1.54, 1.807) is 7.11 Å². The number of hydrogen-bond donors (Lipinski definition) is 1. The second-order valence-electron chi connectivity index (χ2n) is 4.88. The fourth-order valence-electron chi connectivity index (χ4n) is 2.04. The molecule has 0 aliphatic rings. The predicted octanol–water partition coefficient (Wildman–Crippen LogP) is 4.22. The van der Waals surface area contributed by atoms with E-state index in [1.165, 1.54) is 29.5 Å². The van der Waals surface area contributed by atoms with Crippen LogP contribution in [0.3, 0.4) is 0 Å². The highest BCUT2D eigenvalue weighted by atomic mass is 32.2. The summed E-state index contributed by atoms with van der Waals surface area (Å²) in [5.41, 5.74) is 1.05. The fourth-order valence-corrected chi connectivity index (χ4v) is 3.91. The molecule has 0 aliphatic carbocycles. The number of anilines is 2. The maximum absolute atomic E-state index is 11.2. The lowest BCUT2D eigenvalue weighted by molar-refractivity contribution is -0.387. The maximum atomic E-state index is 11.2. The van der Waals surface area contributed by atoms with E-state index in [0.29, 0.717) is 25.7 Å². The average molecular weight is 385 g/mol. The first-order chi connectivity index (χ1) is 12.6. The first kappa shape index (κ1) is 17.7. The minimum atomic E-state index is -0.486. The largest absolute Gasteiger partial charge is 0.497 e. The Morgan fingerprint density at radius 1 is 1.31 bits per heavy atom. The zero-order valence-corrected chi connectivity index (χ0v) is 15.0. The SMILES string of the molecule is COc1cccc(Nc2nnc(Sc3cc(C#N)ccc3[N+](=O)[O-])s2)c1. The van der Waals surface area contributed by atoms with Gasteiger partial charge in [-0.25, -0.2) is 0 Å². The third-order valence-corrected chi connectivity index (χ3v) is 5.15. The van der Waals surface area contributed by atoms with Crippen molar-refractivity contribution in [3.8, 4) is 11.8 Å². The Morgan fingerprint density at radius 3 is 2.88 bits per heavy atom. The molecule has 130 valence electrons. The summed E-state index contributed by atoms with van der Waals surface area (Å²) in [5, 5.41) is 31.9. The Kier molecular flexibility index (Phi) is 5.31. The van der Waals surface area contributed by atoms with Crippen molar-refractivity contribution < 1.29 is 9.66 Å². The van der Waals surface area contributed by atoms with E-state index in [2.05, 4.69) is 15.5 Å². The molecule has 3 rings (SSSR count). The van der Waals surface area contributed by atoms with E-state index < -0.39 is 4.92 Å². The third-order valence-electron chi connectivity index (χ3n) is 3.21. The molecular weight excluding hydrogens is 374 g/mol. The van der Waals surface area contributed by atoms with Gasteiger partial charge in [0.25, 0.3) is 5.69 Å².